The highest BCUT2D eigenvalue weighted by Gasteiger charge is 2.21. The average Bonchev–Trinajstić information content (AvgIpc) is 2.27. The van der Waals surface area contributed by atoms with Gasteiger partial charge in [0.2, 0.25) is 0 Å². The van der Waals surface area contributed by atoms with Gasteiger partial charge in [0.05, 0.1) is 0 Å². The first-order valence-corrected chi connectivity index (χ1v) is 5.07. The molecule has 0 aliphatic carbocycles. The fourth-order valence-corrected chi connectivity index (χ4v) is 1.29. The molecule has 0 fully saturated rings. The van der Waals surface area contributed by atoms with Crippen molar-refractivity contribution in [3.63, 3.8) is 0 Å². The highest BCUT2D eigenvalue weighted by molar-refractivity contribution is 5.72. The van der Waals surface area contributed by atoms with Gasteiger partial charge in [-0.25, -0.2) is 13.6 Å². The van der Waals surface area contributed by atoms with Crippen molar-refractivity contribution in [1.29, 1.82) is 0 Å². The molecule has 6 heteroatoms. The first-order valence-electron chi connectivity index (χ1n) is 5.07. The van der Waals surface area contributed by atoms with Crippen molar-refractivity contribution in [1.82, 2.24) is 0 Å². The van der Waals surface area contributed by atoms with Gasteiger partial charge in [-0.1, -0.05) is 6.92 Å². The summed E-state index contributed by atoms with van der Waals surface area (Å²) in [4.78, 5) is 10.7. The van der Waals surface area contributed by atoms with Crippen LogP contribution in [0.15, 0.2) is 12.1 Å². The molecular weight excluding hydrogens is 232 g/mol. The molecule has 1 rings (SSSR count). The molecule has 94 valence electrons. The fourth-order valence-electron chi connectivity index (χ4n) is 1.29. The molecule has 0 aliphatic heterocycles. The lowest BCUT2D eigenvalue weighted by Gasteiger charge is -2.14. The van der Waals surface area contributed by atoms with Crippen molar-refractivity contribution >= 4 is 5.97 Å². The second-order valence-electron chi connectivity index (χ2n) is 3.45. The molecule has 17 heavy (non-hydrogen) atoms. The molecule has 1 atom stereocenters. The van der Waals surface area contributed by atoms with Crippen molar-refractivity contribution in [2.24, 2.45) is 5.73 Å². The van der Waals surface area contributed by atoms with Crippen LogP contribution in [0.25, 0.3) is 0 Å². The van der Waals surface area contributed by atoms with Crippen molar-refractivity contribution in [3.05, 3.63) is 29.3 Å². The molecule has 1 aromatic rings. The normalized spacial score (nSPS) is 12.2. The predicted octanol–water partition coefficient (Wildman–Crippen LogP) is 1.67. The van der Waals surface area contributed by atoms with Crippen LogP contribution < -0.4 is 10.5 Å². The molecule has 0 aliphatic rings. The van der Waals surface area contributed by atoms with E-state index in [-0.39, 0.29) is 18.5 Å². The van der Waals surface area contributed by atoms with Crippen LogP contribution in [0.5, 0.6) is 5.75 Å². The summed E-state index contributed by atoms with van der Waals surface area (Å²) < 4.78 is 31.7. The van der Waals surface area contributed by atoms with Crippen LogP contribution in [0.4, 0.5) is 8.78 Å². The van der Waals surface area contributed by atoms with Crippen LogP contribution in [0.2, 0.25) is 0 Å². The first-order chi connectivity index (χ1) is 7.99. The molecule has 0 heterocycles. The van der Waals surface area contributed by atoms with Gasteiger partial charge < -0.3 is 15.6 Å². The maximum Gasteiger partial charge on any atom is 0.344 e. The number of aliphatic carboxylic acids is 1. The van der Waals surface area contributed by atoms with E-state index in [1.165, 1.54) is 0 Å². The van der Waals surface area contributed by atoms with E-state index in [2.05, 4.69) is 0 Å². The smallest absolute Gasteiger partial charge is 0.344 e. The highest BCUT2D eigenvalue weighted by Crippen LogP contribution is 2.24. The minimum absolute atomic E-state index is 0.00967. The number of hydrogen-bond donors (Lipinski definition) is 2. The van der Waals surface area contributed by atoms with Gasteiger partial charge in [-0.2, -0.15) is 0 Å². The third kappa shape index (κ3) is 3.13. The number of hydrogen-bond acceptors (Lipinski definition) is 3. The fraction of sp³-hybridized carbons (Fsp3) is 0.364. The largest absolute Gasteiger partial charge is 0.479 e. The van der Waals surface area contributed by atoms with E-state index in [9.17, 15) is 13.6 Å². The summed E-state index contributed by atoms with van der Waals surface area (Å²) in [5.41, 5.74) is 5.52. The van der Waals surface area contributed by atoms with Crippen molar-refractivity contribution in [2.45, 2.75) is 26.0 Å². The molecular formula is C11H13F2NO3. The number of carbonyl (C=O) groups is 1. The van der Waals surface area contributed by atoms with Crippen LogP contribution in [-0.4, -0.2) is 17.2 Å². The van der Waals surface area contributed by atoms with Crippen LogP contribution in [-0.2, 0) is 11.3 Å². The Morgan fingerprint density at radius 3 is 2.35 bits per heavy atom. The Balaban J connectivity index is 3.02. The Kier molecular flexibility index (Phi) is 4.39. The molecule has 0 spiro atoms. The molecule has 0 amide bonds. The third-order valence-electron chi connectivity index (χ3n) is 2.20. The first kappa shape index (κ1) is 13.4. The minimum atomic E-state index is -1.28. The van der Waals surface area contributed by atoms with Crippen LogP contribution in [0.1, 0.15) is 18.9 Å². The average molecular weight is 245 g/mol. The topological polar surface area (TPSA) is 72.5 Å². The summed E-state index contributed by atoms with van der Waals surface area (Å²) in [7, 11) is 0. The van der Waals surface area contributed by atoms with Crippen molar-refractivity contribution in [3.8, 4) is 5.75 Å². The zero-order valence-electron chi connectivity index (χ0n) is 9.24. The Hall–Kier alpha value is -1.69. The van der Waals surface area contributed by atoms with Gasteiger partial charge in [0.15, 0.2) is 23.5 Å². The number of carboxylic acids is 1. The molecule has 0 radical (unpaired) electrons. The van der Waals surface area contributed by atoms with E-state index in [0.717, 1.165) is 12.1 Å². The maximum atomic E-state index is 13.4. The summed E-state index contributed by atoms with van der Waals surface area (Å²) in [6, 6.07) is 2.04. The predicted molar refractivity (Wildman–Crippen MR) is 56.6 cm³/mol. The number of benzene rings is 1. The van der Waals surface area contributed by atoms with Crippen molar-refractivity contribution < 1.29 is 23.4 Å². The highest BCUT2D eigenvalue weighted by atomic mass is 19.1. The molecule has 4 nitrogen and oxygen atoms in total. The van der Waals surface area contributed by atoms with Gasteiger partial charge in [-0.05, 0) is 24.1 Å². The Morgan fingerprint density at radius 1 is 1.47 bits per heavy atom. The molecule has 0 bridgehead atoms. The number of nitrogens with two attached hydrogens (primary N) is 1. The summed E-state index contributed by atoms with van der Waals surface area (Å²) in [6.45, 7) is 1.53. The second-order valence-corrected chi connectivity index (χ2v) is 3.45. The monoisotopic (exact) mass is 245 g/mol. The maximum absolute atomic E-state index is 13.4. The van der Waals surface area contributed by atoms with Crippen molar-refractivity contribution in [2.75, 3.05) is 0 Å². The Bertz CT molecular complexity index is 400. The van der Waals surface area contributed by atoms with Gasteiger partial charge in [-0.15, -0.1) is 0 Å². The number of ether oxygens (including phenoxy) is 1. The lowest BCUT2D eigenvalue weighted by molar-refractivity contribution is -0.145. The summed E-state index contributed by atoms with van der Waals surface area (Å²) >= 11 is 0. The number of rotatable bonds is 5. The summed E-state index contributed by atoms with van der Waals surface area (Å²) in [5, 5.41) is 8.73. The third-order valence-corrected chi connectivity index (χ3v) is 2.20. The van der Waals surface area contributed by atoms with E-state index in [0.29, 0.717) is 0 Å². The number of carboxylic acid groups (broad SMARTS) is 1. The SMILES string of the molecule is CCC(Oc1c(F)cc(CN)cc1F)C(=O)O. The zero-order valence-corrected chi connectivity index (χ0v) is 9.24. The second kappa shape index (κ2) is 5.58. The van der Waals surface area contributed by atoms with Gasteiger partial charge in [-0.3, -0.25) is 0 Å². The van der Waals surface area contributed by atoms with E-state index in [4.69, 9.17) is 15.6 Å². The number of halogens is 2. The molecule has 3 N–H and O–H groups in total. The zero-order chi connectivity index (χ0) is 13.0. The lowest BCUT2D eigenvalue weighted by Crippen LogP contribution is -2.26. The molecule has 0 saturated carbocycles. The molecule has 0 aromatic heterocycles. The molecule has 1 unspecified atom stereocenters. The van der Waals surface area contributed by atoms with Gasteiger partial charge in [0.1, 0.15) is 0 Å². The van der Waals surface area contributed by atoms with Crippen LogP contribution in [0.3, 0.4) is 0 Å². The summed E-state index contributed by atoms with van der Waals surface area (Å²) in [5.74, 6) is -3.86. The van der Waals surface area contributed by atoms with Crippen LogP contribution >= 0.6 is 0 Å². The van der Waals surface area contributed by atoms with Gasteiger partial charge in [0.25, 0.3) is 0 Å². The molecule has 0 saturated heterocycles. The van der Waals surface area contributed by atoms with Gasteiger partial charge in [0, 0.05) is 6.54 Å². The van der Waals surface area contributed by atoms with E-state index in [1.54, 1.807) is 6.92 Å². The van der Waals surface area contributed by atoms with E-state index in [1.807, 2.05) is 0 Å². The lowest BCUT2D eigenvalue weighted by atomic mass is 10.2. The van der Waals surface area contributed by atoms with Gasteiger partial charge >= 0.3 is 5.97 Å². The minimum Gasteiger partial charge on any atom is -0.479 e. The standard InChI is InChI=1S/C11H13F2NO3/c1-2-9(11(15)16)17-10-7(12)3-6(5-14)4-8(10)13/h3-4,9H,2,5,14H2,1H3,(H,15,16). The van der Waals surface area contributed by atoms with Crippen LogP contribution in [0, 0.1) is 11.6 Å². The van der Waals surface area contributed by atoms with E-state index >= 15 is 0 Å². The summed E-state index contributed by atoms with van der Waals surface area (Å²) in [6.07, 6.45) is -1.17. The quantitative estimate of drug-likeness (QED) is 0.827. The van der Waals surface area contributed by atoms with E-state index < -0.39 is 29.5 Å². The Morgan fingerprint density at radius 2 is 2.00 bits per heavy atom. The Labute approximate surface area is 97.0 Å². The molecule has 1 aromatic carbocycles.